The molecule has 1 unspecified atom stereocenters. The predicted octanol–water partition coefficient (Wildman–Crippen LogP) is 1.73. The van der Waals surface area contributed by atoms with E-state index in [-0.39, 0.29) is 23.4 Å². The summed E-state index contributed by atoms with van der Waals surface area (Å²) in [7, 11) is 1.81. The molecule has 3 N–H and O–H groups in total. The molecule has 1 atom stereocenters. The van der Waals surface area contributed by atoms with Gasteiger partial charge in [0.25, 0.3) is 5.56 Å². The number of anilines is 2. The van der Waals surface area contributed by atoms with Gasteiger partial charge in [0, 0.05) is 44.1 Å². The van der Waals surface area contributed by atoms with Gasteiger partial charge in [-0.15, -0.1) is 11.6 Å². The third-order valence-corrected chi connectivity index (χ3v) is 4.50. The molecule has 1 fully saturated rings. The zero-order valence-corrected chi connectivity index (χ0v) is 14.6. The number of hydrogen-bond acceptors (Lipinski definition) is 5. The minimum Gasteiger partial charge on any atom is -0.376 e. The Bertz CT molecular complexity index is 823. The van der Waals surface area contributed by atoms with Gasteiger partial charge in [-0.2, -0.15) is 0 Å². The van der Waals surface area contributed by atoms with E-state index in [0.717, 1.165) is 23.4 Å². The molecular formula is C17H20ClN5O2. The van der Waals surface area contributed by atoms with Gasteiger partial charge in [0.2, 0.25) is 5.91 Å². The Morgan fingerprint density at radius 2 is 2.28 bits per heavy atom. The Kier molecular flexibility index (Phi) is 5.23. The van der Waals surface area contributed by atoms with Gasteiger partial charge >= 0.3 is 0 Å². The first-order valence-corrected chi connectivity index (χ1v) is 8.61. The molecule has 0 saturated carbocycles. The summed E-state index contributed by atoms with van der Waals surface area (Å²) in [6, 6.07) is 5.65. The van der Waals surface area contributed by atoms with Gasteiger partial charge < -0.3 is 20.5 Å². The first-order valence-electron chi connectivity index (χ1n) is 8.08. The first kappa shape index (κ1) is 17.3. The Hall–Kier alpha value is -2.54. The zero-order chi connectivity index (χ0) is 17.8. The molecule has 1 amide bonds. The van der Waals surface area contributed by atoms with Crippen molar-refractivity contribution in [2.24, 2.45) is 0 Å². The van der Waals surface area contributed by atoms with Crippen molar-refractivity contribution in [1.29, 1.82) is 0 Å². The summed E-state index contributed by atoms with van der Waals surface area (Å²) >= 11 is 5.60. The maximum atomic E-state index is 12.1. The molecule has 0 radical (unpaired) electrons. The summed E-state index contributed by atoms with van der Waals surface area (Å²) < 4.78 is 0. The molecule has 0 aliphatic carbocycles. The van der Waals surface area contributed by atoms with E-state index in [1.165, 1.54) is 0 Å². The van der Waals surface area contributed by atoms with Crippen LogP contribution in [0.5, 0.6) is 0 Å². The second-order valence-electron chi connectivity index (χ2n) is 5.91. The molecule has 2 aromatic heterocycles. The molecule has 1 aliphatic rings. The molecule has 7 nitrogen and oxygen atoms in total. The van der Waals surface area contributed by atoms with E-state index in [2.05, 4.69) is 20.6 Å². The summed E-state index contributed by atoms with van der Waals surface area (Å²) in [6.45, 7) is 1.20. The van der Waals surface area contributed by atoms with Crippen LogP contribution in [0, 0.1) is 0 Å². The molecule has 0 bridgehead atoms. The fraction of sp³-hybridized carbons (Fsp3) is 0.353. The van der Waals surface area contributed by atoms with E-state index >= 15 is 0 Å². The van der Waals surface area contributed by atoms with Gasteiger partial charge in [-0.05, 0) is 30.2 Å². The SMILES string of the molecule is CNc1cc(-c2c[nH]c(=O)c(NC3CCN(C(=O)CCl)C3)c2)ccn1. The van der Waals surface area contributed by atoms with Crippen LogP contribution in [0.2, 0.25) is 0 Å². The topological polar surface area (TPSA) is 90.1 Å². The van der Waals surface area contributed by atoms with Crippen LogP contribution in [-0.4, -0.2) is 52.8 Å². The highest BCUT2D eigenvalue weighted by Crippen LogP contribution is 2.22. The Morgan fingerprint density at radius 1 is 1.44 bits per heavy atom. The number of nitrogens with zero attached hydrogens (tertiary/aromatic N) is 2. The summed E-state index contributed by atoms with van der Waals surface area (Å²) in [5.41, 5.74) is 2.14. The molecule has 1 aliphatic heterocycles. The number of H-pyrrole nitrogens is 1. The number of pyridine rings is 2. The van der Waals surface area contributed by atoms with E-state index in [1.54, 1.807) is 24.3 Å². The fourth-order valence-electron chi connectivity index (χ4n) is 2.91. The molecule has 132 valence electrons. The number of hydrogen-bond donors (Lipinski definition) is 3. The third kappa shape index (κ3) is 3.93. The van der Waals surface area contributed by atoms with Crippen LogP contribution in [0.25, 0.3) is 11.1 Å². The lowest BCUT2D eigenvalue weighted by Gasteiger charge is -2.16. The van der Waals surface area contributed by atoms with Crippen molar-refractivity contribution in [1.82, 2.24) is 14.9 Å². The number of carbonyl (C=O) groups is 1. The zero-order valence-electron chi connectivity index (χ0n) is 13.9. The van der Waals surface area contributed by atoms with Gasteiger partial charge in [-0.25, -0.2) is 4.98 Å². The highest BCUT2D eigenvalue weighted by atomic mass is 35.5. The molecule has 0 aromatic carbocycles. The van der Waals surface area contributed by atoms with Gasteiger partial charge in [-0.1, -0.05) is 0 Å². The molecule has 1 saturated heterocycles. The van der Waals surface area contributed by atoms with Crippen molar-refractivity contribution >= 4 is 29.0 Å². The highest BCUT2D eigenvalue weighted by Gasteiger charge is 2.26. The fourth-order valence-corrected chi connectivity index (χ4v) is 3.08. The van der Waals surface area contributed by atoms with Crippen LogP contribution in [-0.2, 0) is 4.79 Å². The van der Waals surface area contributed by atoms with Crippen LogP contribution >= 0.6 is 11.6 Å². The maximum absolute atomic E-state index is 12.1. The third-order valence-electron chi connectivity index (χ3n) is 4.27. The second kappa shape index (κ2) is 7.57. The van der Waals surface area contributed by atoms with Gasteiger partial charge in [0.15, 0.2) is 0 Å². The second-order valence-corrected chi connectivity index (χ2v) is 6.18. The summed E-state index contributed by atoms with van der Waals surface area (Å²) in [4.78, 5) is 32.5. The van der Waals surface area contributed by atoms with Crippen molar-refractivity contribution in [2.45, 2.75) is 12.5 Å². The van der Waals surface area contributed by atoms with Crippen molar-refractivity contribution < 1.29 is 4.79 Å². The quantitative estimate of drug-likeness (QED) is 0.706. The van der Waals surface area contributed by atoms with Crippen LogP contribution in [0.1, 0.15) is 6.42 Å². The van der Waals surface area contributed by atoms with Crippen molar-refractivity contribution in [3.8, 4) is 11.1 Å². The molecule has 0 spiro atoms. The van der Waals surface area contributed by atoms with Crippen LogP contribution in [0.4, 0.5) is 11.5 Å². The van der Waals surface area contributed by atoms with Gasteiger partial charge in [0.1, 0.15) is 17.4 Å². The van der Waals surface area contributed by atoms with Gasteiger partial charge in [0.05, 0.1) is 0 Å². The lowest BCUT2D eigenvalue weighted by molar-refractivity contribution is -0.127. The van der Waals surface area contributed by atoms with E-state index in [0.29, 0.717) is 18.8 Å². The molecule has 2 aromatic rings. The number of nitrogens with one attached hydrogen (secondary N) is 3. The molecule has 3 rings (SSSR count). The smallest absolute Gasteiger partial charge is 0.271 e. The largest absolute Gasteiger partial charge is 0.376 e. The predicted molar refractivity (Wildman–Crippen MR) is 99.2 cm³/mol. The summed E-state index contributed by atoms with van der Waals surface area (Å²) in [5, 5.41) is 6.24. The number of aromatic amines is 1. The van der Waals surface area contributed by atoms with Gasteiger partial charge in [-0.3, -0.25) is 9.59 Å². The number of likely N-dealkylation sites (tertiary alicyclic amines) is 1. The van der Waals surface area contributed by atoms with Crippen molar-refractivity contribution in [2.75, 3.05) is 36.7 Å². The number of aromatic nitrogens is 2. The lowest BCUT2D eigenvalue weighted by Crippen LogP contribution is -2.33. The average Bonchev–Trinajstić information content (AvgIpc) is 3.11. The van der Waals surface area contributed by atoms with Crippen LogP contribution in [0.3, 0.4) is 0 Å². The number of alkyl halides is 1. The summed E-state index contributed by atoms with van der Waals surface area (Å²) in [6.07, 6.45) is 4.18. The first-order chi connectivity index (χ1) is 12.1. The standard InChI is InChI=1S/C17H20ClN5O2/c1-19-15-7-11(2-4-20-15)12-6-14(17(25)21-9-12)22-13-3-5-23(10-13)16(24)8-18/h2,4,6-7,9,13,22H,3,5,8,10H2,1H3,(H,19,20)(H,21,25). The van der Waals surface area contributed by atoms with E-state index in [1.807, 2.05) is 18.2 Å². The van der Waals surface area contributed by atoms with Crippen molar-refractivity contribution in [3.63, 3.8) is 0 Å². The van der Waals surface area contributed by atoms with E-state index < -0.39 is 0 Å². The minimum atomic E-state index is -0.186. The Morgan fingerprint density at radius 3 is 3.04 bits per heavy atom. The normalized spacial score (nSPS) is 16.7. The molecule has 3 heterocycles. The van der Waals surface area contributed by atoms with E-state index in [9.17, 15) is 9.59 Å². The van der Waals surface area contributed by atoms with Crippen molar-refractivity contribution in [3.05, 3.63) is 40.9 Å². The molecule has 25 heavy (non-hydrogen) atoms. The number of rotatable bonds is 5. The monoisotopic (exact) mass is 361 g/mol. The van der Waals surface area contributed by atoms with E-state index in [4.69, 9.17) is 11.6 Å². The Labute approximate surface area is 150 Å². The lowest BCUT2D eigenvalue weighted by atomic mass is 10.1. The van der Waals surface area contributed by atoms with Crippen LogP contribution in [0.15, 0.2) is 35.4 Å². The maximum Gasteiger partial charge on any atom is 0.271 e. The minimum absolute atomic E-state index is 0.0152. The number of carbonyl (C=O) groups excluding carboxylic acids is 1. The summed E-state index contributed by atoms with van der Waals surface area (Å²) in [5.74, 6) is 0.660. The average molecular weight is 362 g/mol. The molecule has 8 heteroatoms. The highest BCUT2D eigenvalue weighted by molar-refractivity contribution is 6.27. The number of amides is 1. The van der Waals surface area contributed by atoms with Crippen LogP contribution < -0.4 is 16.2 Å². The molecular weight excluding hydrogens is 342 g/mol. The number of halogens is 1. The Balaban J connectivity index is 1.78.